The summed E-state index contributed by atoms with van der Waals surface area (Å²) in [7, 11) is 0. The molecule has 0 spiro atoms. The number of allylic oxidation sites excluding steroid dienone is 1. The molecule has 5 nitrogen and oxygen atoms in total. The maximum absolute atomic E-state index is 13.1. The first-order valence-electron chi connectivity index (χ1n) is 8.85. The number of hydrogen-bond acceptors (Lipinski definition) is 4. The Balaban J connectivity index is 1.65. The van der Waals surface area contributed by atoms with Gasteiger partial charge in [-0.2, -0.15) is 13.2 Å². The molecule has 1 aromatic heterocycles. The van der Waals surface area contributed by atoms with Gasteiger partial charge in [0.1, 0.15) is 0 Å². The molecule has 0 radical (unpaired) electrons. The number of carbonyl (C=O) groups excluding carboxylic acids is 1. The van der Waals surface area contributed by atoms with Crippen LogP contribution >= 0.6 is 23.6 Å². The number of halogens is 3. The van der Waals surface area contributed by atoms with Crippen molar-refractivity contribution in [1.82, 2.24) is 15.6 Å². The third-order valence-corrected chi connectivity index (χ3v) is 5.77. The molecule has 2 heterocycles. The van der Waals surface area contributed by atoms with E-state index in [0.717, 1.165) is 22.3 Å². The monoisotopic (exact) mass is 448 g/mol. The first kappa shape index (κ1) is 20.3. The second kappa shape index (κ2) is 7.69. The van der Waals surface area contributed by atoms with Gasteiger partial charge in [0.25, 0.3) is 5.91 Å². The first-order chi connectivity index (χ1) is 14.2. The second-order valence-corrected chi connectivity index (χ2v) is 8.07. The largest absolute Gasteiger partial charge is 0.416 e. The Morgan fingerprint density at radius 2 is 1.87 bits per heavy atom. The number of fused-ring (bicyclic) bond motifs is 1. The zero-order valence-electron chi connectivity index (χ0n) is 15.5. The average molecular weight is 448 g/mol. The lowest BCUT2D eigenvalue weighted by Crippen LogP contribution is -2.45. The van der Waals surface area contributed by atoms with Crippen molar-refractivity contribution in [1.29, 1.82) is 0 Å². The van der Waals surface area contributed by atoms with Crippen LogP contribution in [0, 0.1) is 0 Å². The second-order valence-electron chi connectivity index (χ2n) is 6.63. The highest BCUT2D eigenvalue weighted by Crippen LogP contribution is 2.33. The molecule has 1 atom stereocenters. The summed E-state index contributed by atoms with van der Waals surface area (Å²) in [6.07, 6.45) is -4.44. The molecule has 0 fully saturated rings. The highest BCUT2D eigenvalue weighted by Gasteiger charge is 2.33. The lowest BCUT2D eigenvalue weighted by Gasteiger charge is -2.30. The quantitative estimate of drug-likeness (QED) is 0.505. The number of anilines is 1. The van der Waals surface area contributed by atoms with E-state index in [0.29, 0.717) is 22.0 Å². The molecule has 1 unspecified atom stereocenters. The maximum atomic E-state index is 13.1. The van der Waals surface area contributed by atoms with Crippen LogP contribution in [0.15, 0.2) is 59.8 Å². The van der Waals surface area contributed by atoms with Crippen molar-refractivity contribution in [3.63, 3.8) is 0 Å². The zero-order valence-corrected chi connectivity index (χ0v) is 17.1. The third kappa shape index (κ3) is 4.01. The van der Waals surface area contributed by atoms with Gasteiger partial charge in [0, 0.05) is 5.70 Å². The van der Waals surface area contributed by atoms with Crippen LogP contribution in [0.5, 0.6) is 0 Å². The van der Waals surface area contributed by atoms with E-state index < -0.39 is 23.7 Å². The number of aromatic nitrogens is 1. The van der Waals surface area contributed by atoms with Gasteiger partial charge in [0.15, 0.2) is 10.2 Å². The van der Waals surface area contributed by atoms with Gasteiger partial charge in [-0.25, -0.2) is 4.98 Å². The molecule has 30 heavy (non-hydrogen) atoms. The number of hydrogen-bond donors (Lipinski definition) is 3. The standard InChI is InChI=1S/C20H15F3N4OS2/c1-10-15(17(28)27-19-25-13-4-2-3-5-14(13)30-19)16(26-18(29)24-10)11-6-8-12(9-7-11)20(21,22)23/h2-9,16H,1H3,(H2,24,26,29)(H,25,27,28). The van der Waals surface area contributed by atoms with Crippen molar-refractivity contribution >= 4 is 49.9 Å². The Morgan fingerprint density at radius 1 is 1.17 bits per heavy atom. The summed E-state index contributed by atoms with van der Waals surface area (Å²) < 4.78 is 39.6. The van der Waals surface area contributed by atoms with Gasteiger partial charge in [0.05, 0.1) is 27.4 Å². The van der Waals surface area contributed by atoms with Crippen LogP contribution in [-0.2, 0) is 11.0 Å². The molecule has 2 aromatic carbocycles. The zero-order chi connectivity index (χ0) is 21.5. The van der Waals surface area contributed by atoms with E-state index in [1.165, 1.54) is 23.5 Å². The Hall–Kier alpha value is -2.98. The smallest absolute Gasteiger partial charge is 0.351 e. The van der Waals surface area contributed by atoms with Crippen LogP contribution in [0.1, 0.15) is 24.1 Å². The molecule has 4 rings (SSSR count). The molecule has 1 aliphatic rings. The summed E-state index contributed by atoms with van der Waals surface area (Å²) in [5, 5.41) is 9.37. The Kier molecular flexibility index (Phi) is 5.20. The highest BCUT2D eigenvalue weighted by atomic mass is 32.1. The molecule has 0 bridgehead atoms. The van der Waals surface area contributed by atoms with Gasteiger partial charge < -0.3 is 10.6 Å². The SMILES string of the molecule is CC1=C(C(=O)Nc2nc3ccccc3s2)C(c2ccc(C(F)(F)F)cc2)NC(=S)N1. The molecule has 0 aliphatic carbocycles. The summed E-state index contributed by atoms with van der Waals surface area (Å²) >= 11 is 6.52. The van der Waals surface area contributed by atoms with Crippen LogP contribution < -0.4 is 16.0 Å². The van der Waals surface area contributed by atoms with Gasteiger partial charge in [0.2, 0.25) is 0 Å². The highest BCUT2D eigenvalue weighted by molar-refractivity contribution is 7.80. The molecule has 10 heteroatoms. The van der Waals surface area contributed by atoms with Crippen molar-refractivity contribution in [2.75, 3.05) is 5.32 Å². The summed E-state index contributed by atoms with van der Waals surface area (Å²) in [4.78, 5) is 17.5. The predicted molar refractivity (Wildman–Crippen MR) is 114 cm³/mol. The van der Waals surface area contributed by atoms with Crippen molar-refractivity contribution in [2.24, 2.45) is 0 Å². The molecule has 1 aliphatic heterocycles. The minimum atomic E-state index is -4.44. The fourth-order valence-corrected chi connectivity index (χ4v) is 4.33. The summed E-state index contributed by atoms with van der Waals surface area (Å²) in [6, 6.07) is 11.4. The number of carbonyl (C=O) groups is 1. The fraction of sp³-hybridized carbons (Fsp3) is 0.150. The van der Waals surface area contributed by atoms with Crippen molar-refractivity contribution < 1.29 is 18.0 Å². The molecule has 1 amide bonds. The van der Waals surface area contributed by atoms with Crippen LogP contribution in [0.2, 0.25) is 0 Å². The van der Waals surface area contributed by atoms with E-state index >= 15 is 0 Å². The molecular formula is C20H15F3N4OS2. The van der Waals surface area contributed by atoms with Gasteiger partial charge in [-0.1, -0.05) is 35.6 Å². The van der Waals surface area contributed by atoms with Crippen LogP contribution in [-0.4, -0.2) is 16.0 Å². The van der Waals surface area contributed by atoms with Gasteiger partial charge in [-0.15, -0.1) is 0 Å². The number of thiazole rings is 1. The van der Waals surface area contributed by atoms with E-state index in [2.05, 4.69) is 20.9 Å². The van der Waals surface area contributed by atoms with Crippen molar-refractivity contribution in [3.05, 3.63) is 70.9 Å². The number of nitrogens with one attached hydrogen (secondary N) is 3. The van der Waals surface area contributed by atoms with Gasteiger partial charge in [-0.3, -0.25) is 10.1 Å². The van der Waals surface area contributed by atoms with Crippen LogP contribution in [0.3, 0.4) is 0 Å². The van der Waals surface area contributed by atoms with E-state index in [4.69, 9.17) is 12.2 Å². The lowest BCUT2D eigenvalue weighted by atomic mass is 9.94. The first-order valence-corrected chi connectivity index (χ1v) is 10.1. The lowest BCUT2D eigenvalue weighted by molar-refractivity contribution is -0.137. The van der Waals surface area contributed by atoms with Crippen molar-refractivity contribution in [3.8, 4) is 0 Å². The van der Waals surface area contributed by atoms with Crippen LogP contribution in [0.4, 0.5) is 18.3 Å². The number of benzene rings is 2. The minimum Gasteiger partial charge on any atom is -0.351 e. The number of alkyl halides is 3. The Bertz CT molecular complexity index is 1140. The molecule has 3 aromatic rings. The van der Waals surface area contributed by atoms with E-state index in [-0.39, 0.29) is 5.11 Å². The maximum Gasteiger partial charge on any atom is 0.416 e. The number of thiocarbonyl (C=S) groups is 1. The summed E-state index contributed by atoms with van der Waals surface area (Å²) in [5.41, 5.74) is 1.33. The number of rotatable bonds is 3. The molecule has 3 N–H and O–H groups in total. The number of para-hydroxylation sites is 1. The molecule has 154 valence electrons. The molecule has 0 saturated carbocycles. The van der Waals surface area contributed by atoms with E-state index in [1.807, 2.05) is 24.3 Å². The number of amides is 1. The fourth-order valence-electron chi connectivity index (χ4n) is 3.20. The average Bonchev–Trinajstić information content (AvgIpc) is 3.08. The number of nitrogens with zero attached hydrogens (tertiary/aromatic N) is 1. The topological polar surface area (TPSA) is 66.0 Å². The van der Waals surface area contributed by atoms with Gasteiger partial charge >= 0.3 is 6.18 Å². The molecule has 0 saturated heterocycles. The van der Waals surface area contributed by atoms with Gasteiger partial charge in [-0.05, 0) is 49.0 Å². The predicted octanol–water partition coefficient (Wildman–Crippen LogP) is 4.75. The molecular weight excluding hydrogens is 433 g/mol. The summed E-state index contributed by atoms with van der Waals surface area (Å²) in [6.45, 7) is 1.69. The normalized spacial score (nSPS) is 16.9. The van der Waals surface area contributed by atoms with E-state index in [1.54, 1.807) is 6.92 Å². The third-order valence-electron chi connectivity index (χ3n) is 4.60. The van der Waals surface area contributed by atoms with Crippen LogP contribution in [0.25, 0.3) is 10.2 Å². The Labute approximate surface area is 179 Å². The Morgan fingerprint density at radius 3 is 2.53 bits per heavy atom. The van der Waals surface area contributed by atoms with E-state index in [9.17, 15) is 18.0 Å². The summed E-state index contributed by atoms with van der Waals surface area (Å²) in [5.74, 6) is -0.418. The van der Waals surface area contributed by atoms with Crippen molar-refractivity contribution in [2.45, 2.75) is 19.1 Å². The minimum absolute atomic E-state index is 0.286.